The van der Waals surface area contributed by atoms with Gasteiger partial charge in [0.15, 0.2) is 11.4 Å². The van der Waals surface area contributed by atoms with Gasteiger partial charge in [0.2, 0.25) is 0 Å². The minimum Gasteiger partial charge on any atom is -0.508 e. The lowest BCUT2D eigenvalue weighted by atomic mass is 9.78. The smallest absolute Gasteiger partial charge is 0.175 e. The molecule has 1 rings (SSSR count). The van der Waals surface area contributed by atoms with Crippen LogP contribution in [0.4, 0.5) is 0 Å². The number of carbonyl (C=O) groups excluding carboxylic acids is 1. The predicted molar refractivity (Wildman–Crippen MR) is 120 cm³/mol. The van der Waals surface area contributed by atoms with Crippen LogP contribution in [0.15, 0.2) is 21.6 Å². The molecule has 0 fully saturated rings. The van der Waals surface area contributed by atoms with Crippen LogP contribution in [-0.2, 0) is 14.5 Å². The van der Waals surface area contributed by atoms with Gasteiger partial charge in [-0.25, -0.2) is 0 Å². The largest absolute Gasteiger partial charge is 0.508 e. The number of carbonyl (C=O) groups is 1. The van der Waals surface area contributed by atoms with Gasteiger partial charge in [0, 0.05) is 0 Å². The Bertz CT molecular complexity index is 679. The third-order valence-electron chi connectivity index (χ3n) is 5.39. The molecule has 0 aliphatic heterocycles. The number of allylic oxidation sites excluding steroid dienone is 1. The van der Waals surface area contributed by atoms with Crippen molar-refractivity contribution in [2.24, 2.45) is 34.0 Å². The molecule has 7 nitrogen and oxygen atoms in total. The van der Waals surface area contributed by atoms with Crippen molar-refractivity contribution in [1.29, 1.82) is 0 Å². The molecule has 1 aliphatic carbocycles. The van der Waals surface area contributed by atoms with Crippen LogP contribution in [0.1, 0.15) is 73.6 Å². The topological polar surface area (TPSA) is 101 Å². The van der Waals surface area contributed by atoms with Crippen molar-refractivity contribution in [3.05, 3.63) is 11.3 Å². The zero-order valence-electron chi connectivity index (χ0n) is 19.9. The van der Waals surface area contributed by atoms with Crippen molar-refractivity contribution in [1.82, 2.24) is 0 Å². The van der Waals surface area contributed by atoms with E-state index in [-0.39, 0.29) is 23.0 Å². The summed E-state index contributed by atoms with van der Waals surface area (Å²) in [6, 6.07) is 0. The van der Waals surface area contributed by atoms with Crippen molar-refractivity contribution in [3.8, 4) is 0 Å². The fourth-order valence-electron chi connectivity index (χ4n) is 3.82. The first-order chi connectivity index (χ1) is 14.0. The molecular formula is C23H40N2O5. The van der Waals surface area contributed by atoms with Crippen LogP contribution in [0.2, 0.25) is 0 Å². The maximum absolute atomic E-state index is 13.5. The summed E-state index contributed by atoms with van der Waals surface area (Å²) in [7, 11) is 2.80. The Morgan fingerprint density at radius 3 is 2.03 bits per heavy atom. The lowest BCUT2D eigenvalue weighted by Crippen LogP contribution is -2.47. The van der Waals surface area contributed by atoms with Gasteiger partial charge in [0.1, 0.15) is 20.0 Å². The molecule has 1 aliphatic rings. The molecule has 0 aromatic rings. The number of aliphatic hydroxyl groups is 2. The summed E-state index contributed by atoms with van der Waals surface area (Å²) in [5.41, 5.74) is -1.23. The van der Waals surface area contributed by atoms with Crippen LogP contribution in [0.25, 0.3) is 0 Å². The molecule has 30 heavy (non-hydrogen) atoms. The van der Waals surface area contributed by atoms with E-state index in [1.54, 1.807) is 0 Å². The molecule has 0 radical (unpaired) electrons. The molecule has 0 heterocycles. The second kappa shape index (κ2) is 11.5. The SMILES string of the molecule is CON=C(CC(C)C)C1=C(O)[C@](O)(C(CCC(C)C)=NOC)[C@@H](CCC(C)C)C1=O. The lowest BCUT2D eigenvalue weighted by molar-refractivity contribution is -0.121. The number of Topliss-reactive ketones (excluding diaryl/α,β-unsaturated/α-hetero) is 1. The second-order valence-corrected chi connectivity index (χ2v) is 9.35. The first-order valence-electron chi connectivity index (χ1n) is 10.9. The fourth-order valence-corrected chi connectivity index (χ4v) is 3.82. The summed E-state index contributed by atoms with van der Waals surface area (Å²) in [6.45, 7) is 12.2. The van der Waals surface area contributed by atoms with Crippen molar-refractivity contribution in [2.45, 2.75) is 79.2 Å². The maximum Gasteiger partial charge on any atom is 0.175 e. The van der Waals surface area contributed by atoms with Crippen LogP contribution >= 0.6 is 0 Å². The van der Waals surface area contributed by atoms with Crippen molar-refractivity contribution >= 4 is 17.2 Å². The summed E-state index contributed by atoms with van der Waals surface area (Å²) in [4.78, 5) is 23.4. The summed E-state index contributed by atoms with van der Waals surface area (Å²) in [6.07, 6.45) is 2.74. The number of oxime groups is 2. The Kier molecular flexibility index (Phi) is 10.0. The molecule has 0 aromatic carbocycles. The molecule has 0 amide bonds. The Morgan fingerprint density at radius 1 is 1.00 bits per heavy atom. The van der Waals surface area contributed by atoms with E-state index in [9.17, 15) is 15.0 Å². The summed E-state index contributed by atoms with van der Waals surface area (Å²) < 4.78 is 0. The predicted octanol–water partition coefficient (Wildman–Crippen LogP) is 4.65. The van der Waals surface area contributed by atoms with Gasteiger partial charge < -0.3 is 19.9 Å². The molecule has 7 heteroatoms. The Balaban J connectivity index is 3.59. The minimum absolute atomic E-state index is 0.0511. The van der Waals surface area contributed by atoms with E-state index in [1.807, 2.05) is 13.8 Å². The van der Waals surface area contributed by atoms with Crippen LogP contribution in [0.5, 0.6) is 0 Å². The minimum atomic E-state index is -1.91. The highest BCUT2D eigenvalue weighted by molar-refractivity contribution is 6.27. The molecule has 0 bridgehead atoms. The highest BCUT2D eigenvalue weighted by Crippen LogP contribution is 2.43. The number of hydrogen-bond acceptors (Lipinski definition) is 7. The van der Waals surface area contributed by atoms with Crippen LogP contribution in [0.3, 0.4) is 0 Å². The quantitative estimate of drug-likeness (QED) is 0.351. The lowest BCUT2D eigenvalue weighted by Gasteiger charge is -2.31. The van der Waals surface area contributed by atoms with Crippen LogP contribution in [0, 0.1) is 23.7 Å². The Hall–Kier alpha value is -1.89. The van der Waals surface area contributed by atoms with E-state index >= 15 is 0 Å². The van der Waals surface area contributed by atoms with Gasteiger partial charge in [-0.05, 0) is 43.4 Å². The molecule has 0 unspecified atom stereocenters. The summed E-state index contributed by atoms with van der Waals surface area (Å²) >= 11 is 0. The average molecular weight is 425 g/mol. The highest BCUT2D eigenvalue weighted by Gasteiger charge is 2.57. The Morgan fingerprint density at radius 2 is 1.57 bits per heavy atom. The van der Waals surface area contributed by atoms with Crippen molar-refractivity contribution < 1.29 is 24.7 Å². The third-order valence-corrected chi connectivity index (χ3v) is 5.39. The number of hydrogen-bond donors (Lipinski definition) is 2. The molecule has 0 saturated carbocycles. The van der Waals surface area contributed by atoms with Gasteiger partial charge in [0.25, 0.3) is 0 Å². The van der Waals surface area contributed by atoms with E-state index in [4.69, 9.17) is 9.68 Å². The van der Waals surface area contributed by atoms with Gasteiger partial charge in [-0.15, -0.1) is 0 Å². The third kappa shape index (κ3) is 6.06. The van der Waals surface area contributed by atoms with Gasteiger partial charge >= 0.3 is 0 Å². The van der Waals surface area contributed by atoms with E-state index in [1.165, 1.54) is 14.2 Å². The van der Waals surface area contributed by atoms with Crippen molar-refractivity contribution in [2.75, 3.05) is 14.2 Å². The van der Waals surface area contributed by atoms with Gasteiger partial charge in [-0.2, -0.15) is 0 Å². The Labute approximate surface area is 181 Å². The van der Waals surface area contributed by atoms with Gasteiger partial charge in [-0.1, -0.05) is 58.3 Å². The zero-order chi connectivity index (χ0) is 23.1. The zero-order valence-corrected chi connectivity index (χ0v) is 19.9. The summed E-state index contributed by atoms with van der Waals surface area (Å²) in [5, 5.41) is 31.1. The first kappa shape index (κ1) is 26.1. The molecular weight excluding hydrogens is 384 g/mol. The van der Waals surface area contributed by atoms with Crippen molar-refractivity contribution in [3.63, 3.8) is 0 Å². The summed E-state index contributed by atoms with van der Waals surface area (Å²) in [5.74, 6) is -0.667. The molecule has 0 aromatic heterocycles. The second-order valence-electron chi connectivity index (χ2n) is 9.35. The number of nitrogens with zero attached hydrogens (tertiary/aromatic N) is 2. The number of aliphatic hydroxyl groups excluding tert-OH is 1. The van der Waals surface area contributed by atoms with Gasteiger partial charge in [-0.3, -0.25) is 4.79 Å². The molecule has 172 valence electrons. The monoisotopic (exact) mass is 424 g/mol. The molecule has 2 atom stereocenters. The van der Waals surface area contributed by atoms with Crippen LogP contribution < -0.4 is 0 Å². The van der Waals surface area contributed by atoms with E-state index in [0.717, 1.165) is 12.8 Å². The maximum atomic E-state index is 13.5. The molecule has 0 spiro atoms. The number of rotatable bonds is 12. The highest BCUT2D eigenvalue weighted by atomic mass is 16.6. The van der Waals surface area contributed by atoms with E-state index in [2.05, 4.69) is 38.0 Å². The molecule has 2 N–H and O–H groups in total. The normalized spacial score (nSPS) is 23.3. The standard InChI is InChI=1S/C23H40N2O5/c1-14(2)9-11-17-21(26)20(18(24-29-7)13-16(5)6)22(27)23(17,28)19(25-30-8)12-10-15(3)4/h14-17,27-28H,9-13H2,1-8H3/t17-,23+/m0/s1. The fraction of sp³-hybridized carbons (Fsp3) is 0.783. The first-order valence-corrected chi connectivity index (χ1v) is 10.9. The van der Waals surface area contributed by atoms with Crippen LogP contribution in [-0.4, -0.2) is 47.2 Å². The van der Waals surface area contributed by atoms with E-state index in [0.29, 0.717) is 36.8 Å². The average Bonchev–Trinajstić information content (AvgIpc) is 2.82. The van der Waals surface area contributed by atoms with E-state index < -0.39 is 17.3 Å². The van der Waals surface area contributed by atoms with Gasteiger partial charge in [0.05, 0.1) is 22.9 Å². The molecule has 0 saturated heterocycles. The number of ketones is 1.